The number of hydrogen-bond donors (Lipinski definition) is 0. The molecule has 3 rings (SSSR count). The Balaban J connectivity index is 1.67. The van der Waals surface area contributed by atoms with Crippen molar-refractivity contribution >= 4 is 5.78 Å². The molecule has 27 heavy (non-hydrogen) atoms. The molecule has 0 unspecified atom stereocenters. The molecular weight excluding hydrogens is 338 g/mol. The highest BCUT2D eigenvalue weighted by Crippen LogP contribution is 2.23. The summed E-state index contributed by atoms with van der Waals surface area (Å²) in [5.74, 6) is -0.00410. The molecule has 4 nitrogen and oxygen atoms in total. The van der Waals surface area contributed by atoms with E-state index in [1.807, 2.05) is 80.8 Å². The number of carbonyl (C=O) groups excluding carboxylic acids is 1. The van der Waals surface area contributed by atoms with Gasteiger partial charge in [0.2, 0.25) is 0 Å². The normalized spacial score (nSPS) is 20.7. The molecule has 0 saturated heterocycles. The molecule has 0 amide bonds. The highest BCUT2D eigenvalue weighted by molar-refractivity contribution is 5.92. The Kier molecular flexibility index (Phi) is 6.80. The lowest BCUT2D eigenvalue weighted by molar-refractivity contribution is -0.126. The fourth-order valence-electron chi connectivity index (χ4n) is 3.44. The Morgan fingerprint density at radius 3 is 2.19 bits per heavy atom. The van der Waals surface area contributed by atoms with Crippen LogP contribution in [0.3, 0.4) is 0 Å². The average molecular weight is 365 g/mol. The van der Waals surface area contributed by atoms with E-state index in [0.29, 0.717) is 19.8 Å². The summed E-state index contributed by atoms with van der Waals surface area (Å²) in [4.78, 5) is 14.3. The second-order valence-corrected chi connectivity index (χ2v) is 7.00. The molecule has 0 bridgehead atoms. The second-order valence-electron chi connectivity index (χ2n) is 7.00. The first kappa shape index (κ1) is 19.3. The molecule has 0 radical (unpaired) electrons. The van der Waals surface area contributed by atoms with E-state index in [4.69, 9.17) is 9.47 Å². The number of benzene rings is 2. The number of ketones is 1. The van der Waals surface area contributed by atoms with Gasteiger partial charge in [-0.3, -0.25) is 4.79 Å². The third kappa shape index (κ3) is 5.28. The van der Waals surface area contributed by atoms with Gasteiger partial charge in [0, 0.05) is 19.2 Å². The van der Waals surface area contributed by atoms with E-state index >= 15 is 0 Å². The summed E-state index contributed by atoms with van der Waals surface area (Å²) in [6.07, 6.45) is 3.27. The molecule has 3 atom stereocenters. The third-order valence-electron chi connectivity index (χ3n) is 4.99. The first-order valence-electron chi connectivity index (χ1n) is 9.36. The average Bonchev–Trinajstić information content (AvgIpc) is 2.70. The van der Waals surface area contributed by atoms with Crippen molar-refractivity contribution in [1.29, 1.82) is 0 Å². The zero-order valence-corrected chi connectivity index (χ0v) is 16.0. The number of rotatable bonds is 8. The van der Waals surface area contributed by atoms with Gasteiger partial charge in [-0.1, -0.05) is 67.6 Å². The molecule has 142 valence electrons. The fraction of sp³-hybridized carbons (Fsp3) is 0.348. The smallest absolute Gasteiger partial charge is 0.162 e. The molecule has 0 N–H and O–H groups in total. The minimum atomic E-state index is -0.206. The van der Waals surface area contributed by atoms with Crippen molar-refractivity contribution in [3.8, 4) is 0 Å². The van der Waals surface area contributed by atoms with Gasteiger partial charge in [0.25, 0.3) is 0 Å². The Morgan fingerprint density at radius 2 is 1.56 bits per heavy atom. The van der Waals surface area contributed by atoms with Gasteiger partial charge in [0.1, 0.15) is 6.10 Å². The van der Waals surface area contributed by atoms with Crippen LogP contribution in [0.1, 0.15) is 18.1 Å². The molecule has 1 aliphatic rings. The maximum Gasteiger partial charge on any atom is 0.162 e. The van der Waals surface area contributed by atoms with Crippen molar-refractivity contribution in [2.45, 2.75) is 32.3 Å². The van der Waals surface area contributed by atoms with Gasteiger partial charge in [0.15, 0.2) is 5.78 Å². The molecule has 0 saturated carbocycles. The Morgan fingerprint density at radius 1 is 0.963 bits per heavy atom. The molecule has 2 aromatic rings. The third-order valence-corrected chi connectivity index (χ3v) is 4.99. The van der Waals surface area contributed by atoms with E-state index < -0.39 is 0 Å². The van der Waals surface area contributed by atoms with Crippen molar-refractivity contribution in [2.75, 3.05) is 13.7 Å². The second kappa shape index (κ2) is 9.49. The predicted octanol–water partition coefficient (Wildman–Crippen LogP) is 3.82. The zero-order chi connectivity index (χ0) is 19.1. The monoisotopic (exact) mass is 365 g/mol. The predicted molar refractivity (Wildman–Crippen MR) is 106 cm³/mol. The highest BCUT2D eigenvalue weighted by Gasteiger charge is 2.35. The number of hydrogen-bond acceptors (Lipinski definition) is 4. The molecule has 4 heteroatoms. The summed E-state index contributed by atoms with van der Waals surface area (Å²) in [6.45, 7) is 3.42. The molecule has 0 aliphatic carbocycles. The van der Waals surface area contributed by atoms with Crippen LogP contribution in [0.15, 0.2) is 72.9 Å². The van der Waals surface area contributed by atoms with Crippen LogP contribution in [0.2, 0.25) is 0 Å². The van der Waals surface area contributed by atoms with Gasteiger partial charge in [0.05, 0.1) is 25.9 Å². The van der Waals surface area contributed by atoms with Gasteiger partial charge in [-0.2, -0.15) is 0 Å². The lowest BCUT2D eigenvalue weighted by atomic mass is 9.89. The van der Waals surface area contributed by atoms with Gasteiger partial charge in [-0.15, -0.1) is 0 Å². The van der Waals surface area contributed by atoms with Crippen molar-refractivity contribution in [3.05, 3.63) is 84.1 Å². The van der Waals surface area contributed by atoms with E-state index in [1.165, 1.54) is 0 Å². The minimum absolute atomic E-state index is 0.0537. The van der Waals surface area contributed by atoms with E-state index in [-0.39, 0.29) is 23.8 Å². The van der Waals surface area contributed by atoms with E-state index in [9.17, 15) is 4.79 Å². The Hall–Kier alpha value is -2.43. The summed E-state index contributed by atoms with van der Waals surface area (Å²) < 4.78 is 12.2. The maximum atomic E-state index is 12.2. The van der Waals surface area contributed by atoms with Gasteiger partial charge >= 0.3 is 0 Å². The molecular formula is C23H27NO3. The molecule has 1 heterocycles. The fourth-order valence-corrected chi connectivity index (χ4v) is 3.44. The van der Waals surface area contributed by atoms with Gasteiger partial charge in [-0.05, 0) is 17.2 Å². The van der Waals surface area contributed by atoms with Crippen LogP contribution in [0.4, 0.5) is 0 Å². The number of ether oxygens (including phenoxy) is 2. The van der Waals surface area contributed by atoms with Crippen molar-refractivity contribution in [3.63, 3.8) is 0 Å². The zero-order valence-electron chi connectivity index (χ0n) is 16.0. The number of carbonyl (C=O) groups is 1. The van der Waals surface area contributed by atoms with Gasteiger partial charge in [-0.25, -0.2) is 0 Å². The van der Waals surface area contributed by atoms with Crippen molar-refractivity contribution < 1.29 is 14.3 Å². The summed E-state index contributed by atoms with van der Waals surface area (Å²) >= 11 is 0. The quantitative estimate of drug-likeness (QED) is 0.713. The summed E-state index contributed by atoms with van der Waals surface area (Å²) in [5, 5.41) is 0. The van der Waals surface area contributed by atoms with Crippen LogP contribution in [-0.2, 0) is 27.5 Å². The summed E-state index contributed by atoms with van der Waals surface area (Å²) in [6, 6.07) is 20.1. The topological polar surface area (TPSA) is 38.8 Å². The largest absolute Gasteiger partial charge is 0.374 e. The van der Waals surface area contributed by atoms with E-state index in [1.54, 1.807) is 6.08 Å². The van der Waals surface area contributed by atoms with E-state index in [2.05, 4.69) is 4.90 Å². The molecule has 0 aromatic heterocycles. The maximum absolute atomic E-state index is 12.2. The summed E-state index contributed by atoms with van der Waals surface area (Å²) in [5.41, 5.74) is 2.24. The van der Waals surface area contributed by atoms with Crippen LogP contribution in [0, 0.1) is 5.92 Å². The Labute approximate surface area is 161 Å². The SMILES string of the molecule is C[C@H]1C(=O)C=CN(C)[C@H]1[C@@H](COCc1ccccc1)OCc1ccccc1. The van der Waals surface area contributed by atoms with Gasteiger partial charge < -0.3 is 14.4 Å². The van der Waals surface area contributed by atoms with Crippen LogP contribution in [0.5, 0.6) is 0 Å². The van der Waals surface area contributed by atoms with E-state index in [0.717, 1.165) is 11.1 Å². The lowest BCUT2D eigenvalue weighted by Gasteiger charge is -2.39. The van der Waals surface area contributed by atoms with Crippen molar-refractivity contribution in [2.24, 2.45) is 5.92 Å². The first-order chi connectivity index (χ1) is 13.1. The number of likely N-dealkylation sites (N-methyl/N-ethyl adjacent to an activating group) is 1. The minimum Gasteiger partial charge on any atom is -0.374 e. The van der Waals surface area contributed by atoms with Crippen LogP contribution in [-0.4, -0.2) is 36.5 Å². The van der Waals surface area contributed by atoms with Crippen LogP contribution >= 0.6 is 0 Å². The highest BCUT2D eigenvalue weighted by atomic mass is 16.5. The molecule has 0 spiro atoms. The molecule has 1 aliphatic heterocycles. The summed E-state index contributed by atoms with van der Waals surface area (Å²) in [7, 11) is 1.99. The number of nitrogens with zero attached hydrogens (tertiary/aromatic N) is 1. The first-order valence-corrected chi connectivity index (χ1v) is 9.36. The molecule has 0 fully saturated rings. The van der Waals surface area contributed by atoms with Crippen LogP contribution < -0.4 is 0 Å². The molecule has 2 aromatic carbocycles. The number of allylic oxidation sites excluding steroid dienone is 1. The van der Waals surface area contributed by atoms with Crippen LogP contribution in [0.25, 0.3) is 0 Å². The Bertz CT molecular complexity index is 745. The van der Waals surface area contributed by atoms with Crippen molar-refractivity contribution in [1.82, 2.24) is 4.90 Å². The lowest BCUT2D eigenvalue weighted by Crippen LogP contribution is -2.50. The standard InChI is InChI=1S/C23H27NO3/c1-18-21(25)13-14-24(2)23(18)22(27-16-20-11-7-4-8-12-20)17-26-15-19-9-5-3-6-10-19/h3-14,18,22-23H,15-17H2,1-2H3/t18-,22+,23+/m0/s1.